The first-order valence-electron chi connectivity index (χ1n) is 10.1. The molecule has 6 heteroatoms. The van der Waals surface area contributed by atoms with Crippen molar-refractivity contribution < 1.29 is 4.79 Å². The second-order valence-corrected chi connectivity index (χ2v) is 8.09. The number of fused-ring (bicyclic) bond motifs is 1. The summed E-state index contributed by atoms with van der Waals surface area (Å²) < 4.78 is 0. The monoisotopic (exact) mass is 375 g/mol. The Bertz CT molecular complexity index is 966. The van der Waals surface area contributed by atoms with Crippen LogP contribution in [0.2, 0.25) is 0 Å². The first kappa shape index (κ1) is 17.4. The highest BCUT2D eigenvalue weighted by atomic mass is 16.2. The molecule has 5 rings (SSSR count). The number of piperidine rings is 2. The molecule has 4 heterocycles. The van der Waals surface area contributed by atoms with E-state index in [9.17, 15) is 4.79 Å². The van der Waals surface area contributed by atoms with Gasteiger partial charge in [-0.15, -0.1) is 0 Å². The molecule has 144 valence electrons. The molecule has 1 amide bonds. The molecule has 2 aliphatic rings. The van der Waals surface area contributed by atoms with E-state index in [0.29, 0.717) is 17.2 Å². The van der Waals surface area contributed by atoms with Gasteiger partial charge in [-0.3, -0.25) is 4.79 Å². The summed E-state index contributed by atoms with van der Waals surface area (Å²) in [5, 5.41) is 3.44. The van der Waals surface area contributed by atoms with Crippen molar-refractivity contribution in [3.8, 4) is 11.5 Å². The zero-order chi connectivity index (χ0) is 19.0. The van der Waals surface area contributed by atoms with Gasteiger partial charge in [0.2, 0.25) is 0 Å². The number of nitrogens with one attached hydrogen (secondary N) is 2. The number of hydrogen-bond acceptors (Lipinski definition) is 4. The van der Waals surface area contributed by atoms with Crippen LogP contribution in [0.4, 0.5) is 0 Å². The van der Waals surface area contributed by atoms with Gasteiger partial charge in [0, 0.05) is 13.1 Å². The number of carbonyl (C=O) groups excluding carboxylic acids is 1. The van der Waals surface area contributed by atoms with Crippen molar-refractivity contribution in [2.45, 2.75) is 25.7 Å². The lowest BCUT2D eigenvalue weighted by Gasteiger charge is -2.45. The molecule has 0 atom stereocenters. The summed E-state index contributed by atoms with van der Waals surface area (Å²) in [6.45, 7) is 3.79. The molecular formula is C22H25N5O. The van der Waals surface area contributed by atoms with Gasteiger partial charge in [-0.25, -0.2) is 9.97 Å². The van der Waals surface area contributed by atoms with E-state index in [2.05, 4.69) is 20.3 Å². The molecule has 3 aromatic rings. The Morgan fingerprint density at radius 1 is 1.00 bits per heavy atom. The molecule has 2 aromatic heterocycles. The lowest BCUT2D eigenvalue weighted by molar-refractivity contribution is 0.0406. The number of hydrogen-bond donors (Lipinski definition) is 2. The Labute approximate surface area is 164 Å². The summed E-state index contributed by atoms with van der Waals surface area (Å²) in [5.41, 5.74) is 3.37. The Balaban J connectivity index is 1.40. The second kappa shape index (κ2) is 7.02. The molecule has 0 aliphatic carbocycles. The van der Waals surface area contributed by atoms with E-state index in [0.717, 1.165) is 56.5 Å². The number of benzene rings is 1. The van der Waals surface area contributed by atoms with E-state index in [1.807, 2.05) is 47.4 Å². The van der Waals surface area contributed by atoms with Gasteiger partial charge in [0.25, 0.3) is 5.91 Å². The second-order valence-electron chi connectivity index (χ2n) is 8.09. The molecule has 0 unspecified atom stereocenters. The van der Waals surface area contributed by atoms with Crippen LogP contribution in [0.25, 0.3) is 22.6 Å². The average molecular weight is 375 g/mol. The van der Waals surface area contributed by atoms with Gasteiger partial charge in [0.1, 0.15) is 11.4 Å². The minimum Gasteiger partial charge on any atom is -0.337 e. The number of aromatic amines is 1. The van der Waals surface area contributed by atoms with Crippen LogP contribution < -0.4 is 5.32 Å². The highest BCUT2D eigenvalue weighted by molar-refractivity contribution is 5.93. The normalized spacial score (nSPS) is 19.2. The predicted octanol–water partition coefficient (Wildman–Crippen LogP) is 3.23. The van der Waals surface area contributed by atoms with Crippen molar-refractivity contribution in [3.63, 3.8) is 0 Å². The predicted molar refractivity (Wildman–Crippen MR) is 109 cm³/mol. The summed E-state index contributed by atoms with van der Waals surface area (Å²) in [6.07, 6.45) is 4.62. The zero-order valence-corrected chi connectivity index (χ0v) is 15.9. The lowest BCUT2D eigenvalue weighted by atomic mass is 9.73. The van der Waals surface area contributed by atoms with Crippen molar-refractivity contribution in [2.75, 3.05) is 26.2 Å². The summed E-state index contributed by atoms with van der Waals surface area (Å²) in [6, 6.07) is 13.5. The lowest BCUT2D eigenvalue weighted by Crippen LogP contribution is -2.50. The number of carbonyl (C=O) groups is 1. The van der Waals surface area contributed by atoms with Gasteiger partial charge in [-0.1, -0.05) is 18.2 Å². The van der Waals surface area contributed by atoms with E-state index in [-0.39, 0.29) is 11.3 Å². The van der Waals surface area contributed by atoms with Gasteiger partial charge >= 0.3 is 0 Å². The van der Waals surface area contributed by atoms with Gasteiger partial charge in [0.05, 0.1) is 11.0 Å². The summed E-state index contributed by atoms with van der Waals surface area (Å²) in [5.74, 6) is 0.736. The number of amides is 1. The highest BCUT2D eigenvalue weighted by Crippen LogP contribution is 2.38. The number of imidazole rings is 1. The minimum atomic E-state index is 0.0376. The first-order chi connectivity index (χ1) is 13.7. The highest BCUT2D eigenvalue weighted by Gasteiger charge is 2.38. The van der Waals surface area contributed by atoms with Gasteiger partial charge in [-0.2, -0.15) is 0 Å². The molecule has 28 heavy (non-hydrogen) atoms. The molecule has 1 aromatic carbocycles. The van der Waals surface area contributed by atoms with E-state index < -0.39 is 0 Å². The maximum absolute atomic E-state index is 13.2. The number of pyridine rings is 1. The van der Waals surface area contributed by atoms with Crippen molar-refractivity contribution >= 4 is 16.9 Å². The molecule has 2 aliphatic heterocycles. The summed E-state index contributed by atoms with van der Waals surface area (Å²) >= 11 is 0. The third-order valence-corrected chi connectivity index (χ3v) is 6.21. The Hall–Kier alpha value is -2.73. The van der Waals surface area contributed by atoms with Crippen molar-refractivity contribution in [1.29, 1.82) is 0 Å². The van der Waals surface area contributed by atoms with Gasteiger partial charge in [0.15, 0.2) is 5.82 Å². The Morgan fingerprint density at radius 3 is 2.71 bits per heavy atom. The molecule has 6 nitrogen and oxygen atoms in total. The third kappa shape index (κ3) is 3.18. The Morgan fingerprint density at radius 2 is 1.86 bits per heavy atom. The maximum Gasteiger partial charge on any atom is 0.272 e. The number of H-pyrrole nitrogens is 1. The maximum atomic E-state index is 13.2. The van der Waals surface area contributed by atoms with Crippen LogP contribution in [0.5, 0.6) is 0 Å². The number of para-hydroxylation sites is 2. The zero-order valence-electron chi connectivity index (χ0n) is 15.9. The molecule has 0 radical (unpaired) electrons. The standard InChI is InChI=1S/C22H25N5O/c28-21(27-14-4-9-22(15-27)10-12-23-13-11-22)19-8-3-7-18(24-19)20-25-16-5-1-2-6-17(16)26-20/h1-3,5-8,23H,4,9-15H2,(H,25,26). The smallest absolute Gasteiger partial charge is 0.272 e. The summed E-state index contributed by atoms with van der Waals surface area (Å²) in [7, 11) is 0. The number of nitrogens with zero attached hydrogens (tertiary/aromatic N) is 3. The number of rotatable bonds is 2. The van der Waals surface area contributed by atoms with Crippen LogP contribution in [0.1, 0.15) is 36.2 Å². The minimum absolute atomic E-state index is 0.0376. The topological polar surface area (TPSA) is 73.9 Å². The van der Waals surface area contributed by atoms with Crippen molar-refractivity contribution in [1.82, 2.24) is 25.2 Å². The fraction of sp³-hybridized carbons (Fsp3) is 0.409. The largest absolute Gasteiger partial charge is 0.337 e. The molecule has 2 saturated heterocycles. The van der Waals surface area contributed by atoms with Crippen LogP contribution in [0.15, 0.2) is 42.5 Å². The van der Waals surface area contributed by atoms with E-state index in [1.165, 1.54) is 6.42 Å². The van der Waals surface area contributed by atoms with Crippen LogP contribution in [-0.2, 0) is 0 Å². The fourth-order valence-electron chi connectivity index (χ4n) is 4.67. The first-order valence-corrected chi connectivity index (χ1v) is 10.1. The SMILES string of the molecule is O=C(c1cccc(-c2nc3ccccc3[nH]2)n1)N1CCCC2(CCNCC2)C1. The average Bonchev–Trinajstić information content (AvgIpc) is 3.18. The van der Waals surface area contributed by atoms with E-state index in [1.54, 1.807) is 0 Å². The van der Waals surface area contributed by atoms with Crippen LogP contribution in [-0.4, -0.2) is 51.9 Å². The van der Waals surface area contributed by atoms with Crippen LogP contribution in [0.3, 0.4) is 0 Å². The third-order valence-electron chi connectivity index (χ3n) is 6.21. The van der Waals surface area contributed by atoms with Gasteiger partial charge in [-0.05, 0) is 68.5 Å². The van der Waals surface area contributed by atoms with Gasteiger partial charge < -0.3 is 15.2 Å². The molecular weight excluding hydrogens is 350 g/mol. The van der Waals surface area contributed by atoms with E-state index in [4.69, 9.17) is 0 Å². The molecule has 0 saturated carbocycles. The summed E-state index contributed by atoms with van der Waals surface area (Å²) in [4.78, 5) is 27.8. The molecule has 1 spiro atoms. The van der Waals surface area contributed by atoms with Crippen molar-refractivity contribution in [2.24, 2.45) is 5.41 Å². The molecule has 0 bridgehead atoms. The van der Waals surface area contributed by atoms with E-state index >= 15 is 0 Å². The number of aromatic nitrogens is 3. The molecule has 2 fully saturated rings. The number of likely N-dealkylation sites (tertiary alicyclic amines) is 1. The quantitative estimate of drug-likeness (QED) is 0.721. The van der Waals surface area contributed by atoms with Crippen LogP contribution >= 0.6 is 0 Å². The Kier molecular flexibility index (Phi) is 4.36. The fourth-order valence-corrected chi connectivity index (χ4v) is 4.67. The van der Waals surface area contributed by atoms with Crippen molar-refractivity contribution in [3.05, 3.63) is 48.2 Å². The molecule has 2 N–H and O–H groups in total. The van der Waals surface area contributed by atoms with Crippen LogP contribution in [0, 0.1) is 5.41 Å².